The molecule has 114 valence electrons. The average molecular weight is 290 g/mol. The van der Waals surface area contributed by atoms with E-state index in [-0.39, 0.29) is 11.8 Å². The molecule has 3 N–H and O–H groups in total. The second-order valence-corrected chi connectivity index (χ2v) is 5.80. The van der Waals surface area contributed by atoms with E-state index in [9.17, 15) is 14.7 Å². The first kappa shape index (κ1) is 15.4. The van der Waals surface area contributed by atoms with Crippen LogP contribution in [0.2, 0.25) is 0 Å². The molecule has 2 unspecified atom stereocenters. The third kappa shape index (κ3) is 3.97. The fourth-order valence-corrected chi connectivity index (χ4v) is 2.73. The molecule has 0 aliphatic heterocycles. The van der Waals surface area contributed by atoms with Crippen LogP contribution in [-0.4, -0.2) is 23.0 Å². The van der Waals surface area contributed by atoms with Gasteiger partial charge in [-0.3, -0.25) is 9.59 Å². The van der Waals surface area contributed by atoms with Crippen LogP contribution in [0, 0.1) is 12.8 Å². The van der Waals surface area contributed by atoms with Crippen LogP contribution in [0.4, 0.5) is 5.69 Å². The molecule has 2 amide bonds. The van der Waals surface area contributed by atoms with Crippen molar-refractivity contribution in [2.45, 2.75) is 45.6 Å². The second-order valence-electron chi connectivity index (χ2n) is 5.80. The molecule has 0 saturated heterocycles. The summed E-state index contributed by atoms with van der Waals surface area (Å²) >= 11 is 0. The summed E-state index contributed by atoms with van der Waals surface area (Å²) in [5.74, 6) is -0.723. The summed E-state index contributed by atoms with van der Waals surface area (Å²) < 4.78 is 0. The van der Waals surface area contributed by atoms with Crippen molar-refractivity contribution in [1.29, 1.82) is 0 Å². The Hall–Kier alpha value is -2.04. The highest BCUT2D eigenvalue weighted by Crippen LogP contribution is 2.24. The van der Waals surface area contributed by atoms with Crippen LogP contribution in [0.25, 0.3) is 0 Å². The third-order valence-corrected chi connectivity index (χ3v) is 4.09. The lowest BCUT2D eigenvalue weighted by atomic mass is 9.86. The van der Waals surface area contributed by atoms with Crippen molar-refractivity contribution < 1.29 is 14.7 Å². The number of amides is 2. The van der Waals surface area contributed by atoms with Gasteiger partial charge in [-0.05, 0) is 49.4 Å². The Morgan fingerprint density at radius 1 is 1.19 bits per heavy atom. The van der Waals surface area contributed by atoms with Crippen molar-refractivity contribution in [3.63, 3.8) is 0 Å². The Morgan fingerprint density at radius 3 is 2.57 bits per heavy atom. The van der Waals surface area contributed by atoms with Gasteiger partial charge in [0.15, 0.2) is 0 Å². The predicted molar refractivity (Wildman–Crippen MR) is 81.0 cm³/mol. The molecule has 1 aliphatic carbocycles. The molecule has 0 bridgehead atoms. The van der Waals surface area contributed by atoms with E-state index in [4.69, 9.17) is 0 Å². The maximum absolute atomic E-state index is 12.0. The van der Waals surface area contributed by atoms with Gasteiger partial charge in [0.2, 0.25) is 0 Å². The smallest absolute Gasteiger partial charge is 0.313 e. The molecule has 0 spiro atoms. The Bertz CT molecular complexity index is 542. The highest BCUT2D eigenvalue weighted by molar-refractivity contribution is 6.39. The number of phenolic OH excluding ortho intramolecular Hbond substituents is 1. The normalized spacial score (nSPS) is 21.6. The number of benzene rings is 1. The van der Waals surface area contributed by atoms with E-state index < -0.39 is 11.8 Å². The molecule has 0 heterocycles. The maximum Gasteiger partial charge on any atom is 0.313 e. The molecule has 0 aromatic heterocycles. The standard InChI is InChI=1S/C16H22N2O3/c1-10-5-3-4-6-13(10)17-15(20)16(21)18-14-8-7-12(19)9-11(14)2/h7-10,13,19H,3-6H2,1-2H3,(H,17,20)(H,18,21). The van der Waals surface area contributed by atoms with Gasteiger partial charge in [-0.1, -0.05) is 19.8 Å². The molecule has 1 saturated carbocycles. The summed E-state index contributed by atoms with van der Waals surface area (Å²) in [5.41, 5.74) is 1.24. The summed E-state index contributed by atoms with van der Waals surface area (Å²) in [5, 5.41) is 14.7. The molecule has 2 rings (SSSR count). The molecular weight excluding hydrogens is 268 g/mol. The molecule has 1 aromatic rings. The van der Waals surface area contributed by atoms with E-state index in [1.807, 2.05) is 0 Å². The van der Waals surface area contributed by atoms with Gasteiger partial charge in [-0.15, -0.1) is 0 Å². The summed E-state index contributed by atoms with van der Waals surface area (Å²) in [6.45, 7) is 3.86. The van der Waals surface area contributed by atoms with Crippen molar-refractivity contribution in [1.82, 2.24) is 5.32 Å². The Morgan fingerprint density at radius 2 is 1.90 bits per heavy atom. The number of carbonyl (C=O) groups is 2. The minimum absolute atomic E-state index is 0.0814. The van der Waals surface area contributed by atoms with E-state index in [2.05, 4.69) is 17.6 Å². The monoisotopic (exact) mass is 290 g/mol. The second kappa shape index (κ2) is 6.61. The molecule has 0 radical (unpaired) electrons. The molecule has 5 nitrogen and oxygen atoms in total. The average Bonchev–Trinajstić information content (AvgIpc) is 2.44. The number of hydrogen-bond donors (Lipinski definition) is 3. The summed E-state index contributed by atoms with van der Waals surface area (Å²) in [7, 11) is 0. The first-order valence-electron chi connectivity index (χ1n) is 7.39. The Balaban J connectivity index is 1.94. The van der Waals surface area contributed by atoms with Gasteiger partial charge in [-0.25, -0.2) is 0 Å². The topological polar surface area (TPSA) is 78.4 Å². The van der Waals surface area contributed by atoms with Crippen LogP contribution in [0.5, 0.6) is 5.75 Å². The molecular formula is C16H22N2O3. The first-order chi connectivity index (χ1) is 9.97. The first-order valence-corrected chi connectivity index (χ1v) is 7.39. The minimum atomic E-state index is -0.665. The van der Waals surface area contributed by atoms with Gasteiger partial charge in [-0.2, -0.15) is 0 Å². The van der Waals surface area contributed by atoms with Gasteiger partial charge in [0.1, 0.15) is 5.75 Å². The highest BCUT2D eigenvalue weighted by atomic mass is 16.3. The van der Waals surface area contributed by atoms with E-state index >= 15 is 0 Å². The molecule has 2 atom stereocenters. The number of hydrogen-bond acceptors (Lipinski definition) is 3. The lowest BCUT2D eigenvalue weighted by Crippen LogP contribution is -2.45. The number of aromatic hydroxyl groups is 1. The van der Waals surface area contributed by atoms with Crippen molar-refractivity contribution in [2.24, 2.45) is 5.92 Å². The van der Waals surface area contributed by atoms with Gasteiger partial charge in [0, 0.05) is 11.7 Å². The van der Waals surface area contributed by atoms with E-state index in [0.29, 0.717) is 17.2 Å². The van der Waals surface area contributed by atoms with Crippen LogP contribution in [0.15, 0.2) is 18.2 Å². The summed E-state index contributed by atoms with van der Waals surface area (Å²) in [6, 6.07) is 4.68. The quantitative estimate of drug-likeness (QED) is 0.578. The fraction of sp³-hybridized carbons (Fsp3) is 0.500. The Kier molecular flexibility index (Phi) is 4.83. The highest BCUT2D eigenvalue weighted by Gasteiger charge is 2.25. The van der Waals surface area contributed by atoms with Crippen LogP contribution in [0.1, 0.15) is 38.2 Å². The van der Waals surface area contributed by atoms with Crippen LogP contribution >= 0.6 is 0 Å². The minimum Gasteiger partial charge on any atom is -0.508 e. The fourth-order valence-electron chi connectivity index (χ4n) is 2.73. The zero-order chi connectivity index (χ0) is 15.4. The number of nitrogens with one attached hydrogen (secondary N) is 2. The van der Waals surface area contributed by atoms with Crippen LogP contribution in [-0.2, 0) is 9.59 Å². The number of rotatable bonds is 2. The van der Waals surface area contributed by atoms with Crippen molar-refractivity contribution in [3.05, 3.63) is 23.8 Å². The van der Waals surface area contributed by atoms with Crippen molar-refractivity contribution in [2.75, 3.05) is 5.32 Å². The molecule has 1 aliphatic rings. The van der Waals surface area contributed by atoms with Crippen molar-refractivity contribution in [3.8, 4) is 5.75 Å². The van der Waals surface area contributed by atoms with E-state index in [0.717, 1.165) is 19.3 Å². The molecule has 1 aromatic carbocycles. The number of phenols is 1. The van der Waals surface area contributed by atoms with Gasteiger partial charge >= 0.3 is 11.8 Å². The summed E-state index contributed by atoms with van der Waals surface area (Å²) in [6.07, 6.45) is 4.29. The zero-order valence-electron chi connectivity index (χ0n) is 12.5. The third-order valence-electron chi connectivity index (χ3n) is 4.09. The lowest BCUT2D eigenvalue weighted by Gasteiger charge is -2.29. The molecule has 21 heavy (non-hydrogen) atoms. The van der Waals surface area contributed by atoms with Crippen molar-refractivity contribution >= 4 is 17.5 Å². The maximum atomic E-state index is 12.0. The predicted octanol–water partition coefficient (Wildman–Crippen LogP) is 2.33. The zero-order valence-corrected chi connectivity index (χ0v) is 12.5. The lowest BCUT2D eigenvalue weighted by molar-refractivity contribution is -0.137. The van der Waals surface area contributed by atoms with Gasteiger partial charge in [0.05, 0.1) is 0 Å². The SMILES string of the molecule is Cc1cc(O)ccc1NC(=O)C(=O)NC1CCCCC1C. The number of aryl methyl sites for hydroxylation is 1. The molecule has 1 fully saturated rings. The van der Waals surface area contributed by atoms with Crippen LogP contribution < -0.4 is 10.6 Å². The largest absolute Gasteiger partial charge is 0.508 e. The van der Waals surface area contributed by atoms with Crippen LogP contribution in [0.3, 0.4) is 0 Å². The van der Waals surface area contributed by atoms with Gasteiger partial charge in [0.25, 0.3) is 0 Å². The summed E-state index contributed by atoms with van der Waals surface area (Å²) in [4.78, 5) is 23.9. The van der Waals surface area contributed by atoms with E-state index in [1.54, 1.807) is 13.0 Å². The Labute approximate surface area is 124 Å². The molecule has 5 heteroatoms. The van der Waals surface area contributed by atoms with E-state index in [1.165, 1.54) is 18.6 Å². The number of anilines is 1. The number of carbonyl (C=O) groups excluding carboxylic acids is 2. The van der Waals surface area contributed by atoms with Gasteiger partial charge < -0.3 is 15.7 Å².